The Bertz CT molecular complexity index is 398. The van der Waals surface area contributed by atoms with Gasteiger partial charge in [0.1, 0.15) is 5.69 Å². The van der Waals surface area contributed by atoms with E-state index in [1.54, 1.807) is 0 Å². The van der Waals surface area contributed by atoms with Crippen LogP contribution in [0.15, 0.2) is 6.20 Å². The van der Waals surface area contributed by atoms with Crippen molar-refractivity contribution in [3.05, 3.63) is 17.5 Å². The molecule has 0 aliphatic heterocycles. The molecule has 0 amide bonds. The van der Waals surface area contributed by atoms with Crippen LogP contribution in [0.2, 0.25) is 0 Å². The van der Waals surface area contributed by atoms with Gasteiger partial charge in [-0.15, -0.1) is 13.2 Å². The number of nitrogens with zero attached hydrogens (tertiary/aromatic N) is 1. The first-order valence-corrected chi connectivity index (χ1v) is 5.52. The third-order valence-corrected chi connectivity index (χ3v) is 2.45. The second kappa shape index (κ2) is 5.54. The van der Waals surface area contributed by atoms with Crippen LogP contribution in [-0.2, 0) is 11.9 Å². The number of ether oxygens (including phenoxy) is 2. The van der Waals surface area contributed by atoms with Crippen molar-refractivity contribution in [1.29, 1.82) is 0 Å². The third kappa shape index (κ3) is 3.47. The van der Waals surface area contributed by atoms with Crippen LogP contribution in [0.1, 0.15) is 11.3 Å². The summed E-state index contributed by atoms with van der Waals surface area (Å²) in [5.74, 6) is -0.380. The SMILES string of the molecule is COc1c(CO)ncc(OC(F)(F)F)c1CBr. The van der Waals surface area contributed by atoms with Gasteiger partial charge in [-0.3, -0.25) is 4.98 Å². The van der Waals surface area contributed by atoms with E-state index in [4.69, 9.17) is 9.84 Å². The number of aliphatic hydroxyl groups is 1. The van der Waals surface area contributed by atoms with Crippen LogP contribution in [0.3, 0.4) is 0 Å². The van der Waals surface area contributed by atoms with Gasteiger partial charge in [0.15, 0.2) is 11.5 Å². The predicted molar refractivity (Wildman–Crippen MR) is 56.0 cm³/mol. The molecule has 17 heavy (non-hydrogen) atoms. The van der Waals surface area contributed by atoms with Gasteiger partial charge in [-0.25, -0.2) is 0 Å². The Kier molecular flexibility index (Phi) is 4.58. The number of methoxy groups -OCH3 is 1. The number of hydrogen-bond donors (Lipinski definition) is 1. The molecule has 1 rings (SSSR count). The molecular formula is C9H9BrF3NO3. The number of alkyl halides is 4. The third-order valence-electron chi connectivity index (χ3n) is 1.88. The largest absolute Gasteiger partial charge is 0.573 e. The highest BCUT2D eigenvalue weighted by Crippen LogP contribution is 2.35. The maximum Gasteiger partial charge on any atom is 0.573 e. The van der Waals surface area contributed by atoms with Crippen molar-refractivity contribution in [1.82, 2.24) is 4.98 Å². The highest BCUT2D eigenvalue weighted by Gasteiger charge is 2.33. The minimum Gasteiger partial charge on any atom is -0.494 e. The van der Waals surface area contributed by atoms with E-state index in [1.807, 2.05) is 0 Å². The summed E-state index contributed by atoms with van der Waals surface area (Å²) >= 11 is 3.03. The van der Waals surface area contributed by atoms with Crippen LogP contribution >= 0.6 is 15.9 Å². The topological polar surface area (TPSA) is 51.6 Å². The summed E-state index contributed by atoms with van der Waals surface area (Å²) in [5.41, 5.74) is 0.292. The molecule has 0 atom stereocenters. The van der Waals surface area contributed by atoms with Gasteiger partial charge in [0.25, 0.3) is 0 Å². The quantitative estimate of drug-likeness (QED) is 0.867. The first-order valence-electron chi connectivity index (χ1n) is 4.40. The molecule has 0 bridgehead atoms. The number of rotatable bonds is 4. The maximum absolute atomic E-state index is 12.1. The van der Waals surface area contributed by atoms with E-state index in [-0.39, 0.29) is 22.3 Å². The average molecular weight is 316 g/mol. The molecule has 0 radical (unpaired) electrons. The second-order valence-electron chi connectivity index (χ2n) is 2.92. The van der Waals surface area contributed by atoms with Gasteiger partial charge in [0.05, 0.1) is 25.5 Å². The monoisotopic (exact) mass is 315 g/mol. The lowest BCUT2D eigenvalue weighted by Crippen LogP contribution is -2.18. The molecule has 0 aliphatic carbocycles. The van der Waals surface area contributed by atoms with Crippen LogP contribution in [0.25, 0.3) is 0 Å². The van der Waals surface area contributed by atoms with Crippen molar-refractivity contribution in [3.63, 3.8) is 0 Å². The van der Waals surface area contributed by atoms with Crippen molar-refractivity contribution in [2.75, 3.05) is 7.11 Å². The molecule has 0 aliphatic rings. The summed E-state index contributed by atoms with van der Waals surface area (Å²) in [5, 5.41) is 9.05. The fourth-order valence-corrected chi connectivity index (χ4v) is 1.78. The van der Waals surface area contributed by atoms with Gasteiger partial charge < -0.3 is 14.6 Å². The Labute approximate surface area is 103 Å². The van der Waals surface area contributed by atoms with E-state index in [0.717, 1.165) is 6.20 Å². The molecule has 96 valence electrons. The van der Waals surface area contributed by atoms with Crippen LogP contribution in [0.5, 0.6) is 11.5 Å². The van der Waals surface area contributed by atoms with Gasteiger partial charge in [-0.05, 0) is 0 Å². The number of aliphatic hydroxyl groups excluding tert-OH is 1. The summed E-state index contributed by atoms with van der Waals surface area (Å²) in [6.45, 7) is -0.435. The van der Waals surface area contributed by atoms with Crippen LogP contribution in [0, 0.1) is 0 Å². The lowest BCUT2D eigenvalue weighted by molar-refractivity contribution is -0.275. The summed E-state index contributed by atoms with van der Waals surface area (Å²) in [4.78, 5) is 3.64. The summed E-state index contributed by atoms with van der Waals surface area (Å²) in [6.07, 6.45) is -3.90. The first-order chi connectivity index (χ1) is 7.92. The second-order valence-corrected chi connectivity index (χ2v) is 3.48. The van der Waals surface area contributed by atoms with Crippen molar-refractivity contribution >= 4 is 15.9 Å². The van der Waals surface area contributed by atoms with Crippen molar-refractivity contribution in [2.45, 2.75) is 18.3 Å². The van der Waals surface area contributed by atoms with E-state index in [2.05, 4.69) is 25.7 Å². The molecule has 1 aromatic rings. The molecule has 1 N–H and O–H groups in total. The van der Waals surface area contributed by atoms with Gasteiger partial charge in [-0.2, -0.15) is 0 Å². The van der Waals surface area contributed by atoms with Crippen molar-refractivity contribution < 1.29 is 27.8 Å². The van der Waals surface area contributed by atoms with Gasteiger partial charge in [0, 0.05) is 5.33 Å². The maximum atomic E-state index is 12.1. The minimum atomic E-state index is -4.80. The summed E-state index contributed by atoms with van der Waals surface area (Å²) in [7, 11) is 1.28. The van der Waals surface area contributed by atoms with Crippen molar-refractivity contribution in [3.8, 4) is 11.5 Å². The number of hydrogen-bond acceptors (Lipinski definition) is 4. The molecule has 1 aromatic heterocycles. The number of halogens is 4. The van der Waals surface area contributed by atoms with Crippen LogP contribution in [-0.4, -0.2) is 23.6 Å². The van der Waals surface area contributed by atoms with Gasteiger partial charge in [0.2, 0.25) is 0 Å². The van der Waals surface area contributed by atoms with Gasteiger partial charge >= 0.3 is 6.36 Å². The molecule has 4 nitrogen and oxygen atoms in total. The Morgan fingerprint density at radius 3 is 2.53 bits per heavy atom. The molecule has 0 fully saturated rings. The smallest absolute Gasteiger partial charge is 0.494 e. The molecule has 1 heterocycles. The average Bonchev–Trinajstić information content (AvgIpc) is 2.26. The molecule has 0 saturated heterocycles. The highest BCUT2D eigenvalue weighted by atomic mass is 79.9. The number of pyridine rings is 1. The Balaban J connectivity index is 3.23. The molecular weight excluding hydrogens is 307 g/mol. The Morgan fingerprint density at radius 2 is 2.12 bits per heavy atom. The van der Waals surface area contributed by atoms with Gasteiger partial charge in [-0.1, -0.05) is 15.9 Å². The molecule has 0 aromatic carbocycles. The molecule has 0 unspecified atom stereocenters. The highest BCUT2D eigenvalue weighted by molar-refractivity contribution is 9.08. The fraction of sp³-hybridized carbons (Fsp3) is 0.444. The zero-order valence-electron chi connectivity index (χ0n) is 8.71. The van der Waals surface area contributed by atoms with Crippen molar-refractivity contribution in [2.24, 2.45) is 0 Å². The molecule has 0 spiro atoms. The zero-order chi connectivity index (χ0) is 13.1. The minimum absolute atomic E-state index is 0.0751. The molecule has 8 heteroatoms. The predicted octanol–water partition coefficient (Wildman–Crippen LogP) is 2.38. The van der Waals surface area contributed by atoms with E-state index in [1.165, 1.54) is 7.11 Å². The van der Waals surface area contributed by atoms with E-state index in [9.17, 15) is 13.2 Å². The Morgan fingerprint density at radius 1 is 1.47 bits per heavy atom. The summed E-state index contributed by atoms with van der Waals surface area (Å²) in [6, 6.07) is 0. The zero-order valence-corrected chi connectivity index (χ0v) is 10.3. The Hall–Kier alpha value is -1.02. The normalized spacial score (nSPS) is 11.4. The molecule has 0 saturated carbocycles. The van der Waals surface area contributed by atoms with E-state index >= 15 is 0 Å². The first kappa shape index (κ1) is 14.0. The fourth-order valence-electron chi connectivity index (χ4n) is 1.25. The standard InChI is InChI=1S/C9H9BrF3NO3/c1-16-8-5(2-10)7(17-9(11,12)13)3-14-6(8)4-15/h3,15H,2,4H2,1H3. The van der Waals surface area contributed by atoms with E-state index < -0.39 is 18.7 Å². The lowest BCUT2D eigenvalue weighted by Gasteiger charge is -2.16. The lowest BCUT2D eigenvalue weighted by atomic mass is 10.2. The summed E-state index contributed by atoms with van der Waals surface area (Å²) < 4.78 is 45.1. The van der Waals surface area contributed by atoms with Crippen LogP contribution < -0.4 is 9.47 Å². The van der Waals surface area contributed by atoms with Crippen LogP contribution in [0.4, 0.5) is 13.2 Å². The number of aromatic nitrogens is 1. The van der Waals surface area contributed by atoms with E-state index in [0.29, 0.717) is 0 Å².